The molecule has 37 heavy (non-hydrogen) atoms. The van der Waals surface area contributed by atoms with Crippen LogP contribution in [0.25, 0.3) is 33.3 Å². The van der Waals surface area contributed by atoms with Crippen LogP contribution < -0.4 is 20.4 Å². The first-order valence-corrected chi connectivity index (χ1v) is 11.7. The number of aromatic nitrogens is 1. The maximum Gasteiger partial charge on any atom is 0.336 e. The van der Waals surface area contributed by atoms with Crippen molar-refractivity contribution in [3.63, 3.8) is 0 Å². The second kappa shape index (κ2) is 10.7. The molecule has 0 atom stereocenters. The summed E-state index contributed by atoms with van der Waals surface area (Å²) in [5.74, 6) is 2.01. The number of methoxy groups -OCH3 is 2. The van der Waals surface area contributed by atoms with Gasteiger partial charge < -0.3 is 23.6 Å². The second-order valence-electron chi connectivity index (χ2n) is 8.88. The molecule has 0 radical (unpaired) electrons. The lowest BCUT2D eigenvalue weighted by molar-refractivity contribution is 0.354. The lowest BCUT2D eigenvalue weighted by atomic mass is 10.0. The average molecular weight is 521 g/mol. The predicted molar refractivity (Wildman–Crippen MR) is 147 cm³/mol. The van der Waals surface area contributed by atoms with Crippen molar-refractivity contribution in [1.82, 2.24) is 10.3 Å². The maximum atomic E-state index is 12.4. The number of nitrogens with one attached hydrogen (secondary N) is 1. The van der Waals surface area contributed by atoms with Crippen LogP contribution in [0.3, 0.4) is 0 Å². The molecular weight excluding hydrogens is 492 g/mol. The Morgan fingerprint density at radius 2 is 1.65 bits per heavy atom. The van der Waals surface area contributed by atoms with E-state index in [1.807, 2.05) is 63.4 Å². The van der Waals surface area contributed by atoms with Gasteiger partial charge in [-0.15, -0.1) is 12.4 Å². The van der Waals surface area contributed by atoms with E-state index >= 15 is 0 Å². The van der Waals surface area contributed by atoms with E-state index in [0.29, 0.717) is 47.1 Å². The quantitative estimate of drug-likeness (QED) is 0.253. The highest BCUT2D eigenvalue weighted by atomic mass is 35.5. The topological polar surface area (TPSA) is 86.7 Å². The molecule has 0 aliphatic rings. The van der Waals surface area contributed by atoms with Crippen molar-refractivity contribution in [3.05, 3.63) is 87.0 Å². The van der Waals surface area contributed by atoms with Crippen LogP contribution >= 0.6 is 12.4 Å². The number of halogens is 1. The molecular formula is C29H29ClN2O5. The van der Waals surface area contributed by atoms with Crippen molar-refractivity contribution in [3.8, 4) is 22.8 Å². The fourth-order valence-corrected chi connectivity index (χ4v) is 4.47. The molecule has 5 rings (SSSR count). The van der Waals surface area contributed by atoms with Gasteiger partial charge in [0.1, 0.15) is 11.3 Å². The zero-order valence-electron chi connectivity index (χ0n) is 21.4. The zero-order valence-corrected chi connectivity index (χ0v) is 22.2. The lowest BCUT2D eigenvalue weighted by Crippen LogP contribution is -2.13. The number of aryl methyl sites for hydroxylation is 3. The average Bonchev–Trinajstić information content (AvgIpc) is 3.34. The minimum absolute atomic E-state index is 0. The number of furan rings is 1. The maximum absolute atomic E-state index is 12.4. The van der Waals surface area contributed by atoms with Crippen LogP contribution in [0.5, 0.6) is 11.5 Å². The Balaban J connectivity index is 0.00000320. The van der Waals surface area contributed by atoms with Gasteiger partial charge in [0, 0.05) is 41.7 Å². The molecule has 0 spiro atoms. The van der Waals surface area contributed by atoms with Gasteiger partial charge in [-0.2, -0.15) is 0 Å². The lowest BCUT2D eigenvalue weighted by Gasteiger charge is -2.10. The fraction of sp³-hybridized carbons (Fsp3) is 0.241. The monoisotopic (exact) mass is 520 g/mol. The minimum Gasteiger partial charge on any atom is -0.493 e. The largest absolute Gasteiger partial charge is 0.493 e. The van der Waals surface area contributed by atoms with Gasteiger partial charge in [0.25, 0.3) is 0 Å². The predicted octanol–water partition coefficient (Wildman–Crippen LogP) is 6.26. The molecule has 0 aliphatic heterocycles. The van der Waals surface area contributed by atoms with Crippen LogP contribution in [0.15, 0.2) is 62.3 Å². The molecule has 5 aromatic rings. The summed E-state index contributed by atoms with van der Waals surface area (Å²) in [6.45, 7) is 7.11. The molecule has 3 aromatic heterocycles. The first kappa shape index (κ1) is 26.3. The summed E-state index contributed by atoms with van der Waals surface area (Å²) in [7, 11) is 3.25. The first-order chi connectivity index (χ1) is 17.4. The highest BCUT2D eigenvalue weighted by Crippen LogP contribution is 2.35. The Kier molecular flexibility index (Phi) is 7.57. The highest BCUT2D eigenvalue weighted by Gasteiger charge is 2.17. The number of hydrogen-bond donors (Lipinski definition) is 1. The molecule has 7 nitrogen and oxygen atoms in total. The summed E-state index contributed by atoms with van der Waals surface area (Å²) in [6, 6.07) is 13.3. The highest BCUT2D eigenvalue weighted by molar-refractivity contribution is 5.97. The van der Waals surface area contributed by atoms with Crippen molar-refractivity contribution in [2.45, 2.75) is 33.9 Å². The Labute approximate surface area is 220 Å². The number of hydrogen-bond acceptors (Lipinski definition) is 7. The van der Waals surface area contributed by atoms with E-state index in [0.717, 1.165) is 38.7 Å². The summed E-state index contributed by atoms with van der Waals surface area (Å²) in [5, 5.41) is 5.28. The van der Waals surface area contributed by atoms with Crippen molar-refractivity contribution in [1.29, 1.82) is 0 Å². The molecule has 8 heteroatoms. The molecule has 0 aliphatic carbocycles. The standard InChI is InChI=1S/C29H28N2O5.ClH/c1-16-6-8-21-23(12-27(32)36-28(21)17(16)2)25-11-22-20(15-31-18(3)29(22)35-25)14-30-13-19-7-9-24(33-4)26(10-19)34-5;/h6-12,15,30H,13-14H2,1-5H3;1H. The third-order valence-corrected chi connectivity index (χ3v) is 6.61. The summed E-state index contributed by atoms with van der Waals surface area (Å²) >= 11 is 0. The first-order valence-electron chi connectivity index (χ1n) is 11.7. The summed E-state index contributed by atoms with van der Waals surface area (Å²) in [4.78, 5) is 16.9. The van der Waals surface area contributed by atoms with Gasteiger partial charge in [-0.05, 0) is 61.2 Å². The van der Waals surface area contributed by atoms with Crippen molar-refractivity contribution < 1.29 is 18.3 Å². The van der Waals surface area contributed by atoms with Crippen LogP contribution in [0.4, 0.5) is 0 Å². The number of fused-ring (bicyclic) bond motifs is 2. The number of rotatable bonds is 7. The van der Waals surface area contributed by atoms with Crippen LogP contribution in [-0.4, -0.2) is 19.2 Å². The van der Waals surface area contributed by atoms with E-state index < -0.39 is 5.63 Å². The third kappa shape index (κ3) is 4.92. The molecule has 0 unspecified atom stereocenters. The zero-order chi connectivity index (χ0) is 25.4. The van der Waals surface area contributed by atoms with Crippen LogP contribution in [0.1, 0.15) is 27.9 Å². The van der Waals surface area contributed by atoms with Gasteiger partial charge in [0.2, 0.25) is 0 Å². The molecule has 2 aromatic carbocycles. The van der Waals surface area contributed by atoms with Gasteiger partial charge in [0.05, 0.1) is 19.9 Å². The molecule has 3 heterocycles. The second-order valence-corrected chi connectivity index (χ2v) is 8.88. The summed E-state index contributed by atoms with van der Waals surface area (Å²) in [6.07, 6.45) is 1.86. The molecule has 192 valence electrons. The van der Waals surface area contributed by atoms with Crippen molar-refractivity contribution in [2.75, 3.05) is 14.2 Å². The Bertz CT molecular complexity index is 1650. The van der Waals surface area contributed by atoms with Crippen LogP contribution in [-0.2, 0) is 13.1 Å². The summed E-state index contributed by atoms with van der Waals surface area (Å²) < 4.78 is 22.6. The minimum atomic E-state index is -0.404. The normalized spacial score (nSPS) is 11.1. The molecule has 0 saturated heterocycles. The molecule has 1 N–H and O–H groups in total. The van der Waals surface area contributed by atoms with Crippen molar-refractivity contribution >= 4 is 34.3 Å². The molecule has 0 amide bonds. The smallest absolute Gasteiger partial charge is 0.336 e. The third-order valence-electron chi connectivity index (χ3n) is 6.61. The number of nitrogens with zero attached hydrogens (tertiary/aromatic N) is 1. The summed E-state index contributed by atoms with van der Waals surface area (Å²) in [5.41, 5.74) is 6.48. The van der Waals surface area contributed by atoms with Gasteiger partial charge in [-0.3, -0.25) is 4.98 Å². The molecule has 0 fully saturated rings. The van der Waals surface area contributed by atoms with Crippen molar-refractivity contribution in [2.24, 2.45) is 0 Å². The Morgan fingerprint density at radius 3 is 2.41 bits per heavy atom. The SMILES string of the molecule is COc1ccc(CNCc2cnc(C)c3oc(-c4cc(=O)oc5c(C)c(C)ccc45)cc23)cc1OC.Cl. The number of pyridine rings is 1. The van der Waals surface area contributed by atoms with E-state index in [9.17, 15) is 4.79 Å². The van der Waals surface area contributed by atoms with Gasteiger partial charge >= 0.3 is 5.63 Å². The molecule has 0 bridgehead atoms. The van der Waals surface area contributed by atoms with Gasteiger partial charge in [-0.25, -0.2) is 4.79 Å². The fourth-order valence-electron chi connectivity index (χ4n) is 4.47. The van der Waals surface area contributed by atoms with Gasteiger partial charge in [-0.1, -0.05) is 18.2 Å². The van der Waals surface area contributed by atoms with Crippen LogP contribution in [0, 0.1) is 20.8 Å². The number of benzene rings is 2. The van der Waals surface area contributed by atoms with E-state index in [1.165, 1.54) is 6.07 Å². The van der Waals surface area contributed by atoms with E-state index in [1.54, 1.807) is 14.2 Å². The molecule has 0 saturated carbocycles. The Morgan fingerprint density at radius 1 is 0.865 bits per heavy atom. The number of ether oxygens (including phenoxy) is 2. The van der Waals surface area contributed by atoms with E-state index in [2.05, 4.69) is 10.3 Å². The van der Waals surface area contributed by atoms with Crippen LogP contribution in [0.2, 0.25) is 0 Å². The van der Waals surface area contributed by atoms with Gasteiger partial charge in [0.15, 0.2) is 17.1 Å². The van der Waals surface area contributed by atoms with E-state index in [4.69, 9.17) is 18.3 Å². The van der Waals surface area contributed by atoms with E-state index in [-0.39, 0.29) is 12.4 Å². The Hall–Kier alpha value is -3.81.